The highest BCUT2D eigenvalue weighted by Crippen LogP contribution is 2.24. The lowest BCUT2D eigenvalue weighted by molar-refractivity contribution is 0.580. The second-order valence-corrected chi connectivity index (χ2v) is 7.02. The molecule has 2 aromatic rings. The minimum atomic E-state index is -3.54. The Bertz CT molecular complexity index is 671. The molecule has 0 radical (unpaired) electrons. The summed E-state index contributed by atoms with van der Waals surface area (Å²) in [7, 11) is -3.54. The summed E-state index contributed by atoms with van der Waals surface area (Å²) in [6.45, 7) is 3.81. The van der Waals surface area contributed by atoms with Crippen molar-refractivity contribution in [2.75, 3.05) is 5.43 Å². The molecule has 0 saturated heterocycles. The molecule has 0 bridgehead atoms. The van der Waals surface area contributed by atoms with Crippen molar-refractivity contribution in [3.63, 3.8) is 0 Å². The molecule has 0 aliphatic heterocycles. The topological polar surface area (TPSA) is 84.2 Å². The Hall–Kier alpha value is -1.41. The van der Waals surface area contributed by atoms with E-state index >= 15 is 0 Å². The van der Waals surface area contributed by atoms with Crippen LogP contribution in [0.2, 0.25) is 0 Å². The summed E-state index contributed by atoms with van der Waals surface area (Å²) in [4.78, 5) is 0.312. The number of nitrogen functional groups attached to an aromatic ring is 1. The van der Waals surface area contributed by atoms with Gasteiger partial charge in [0.15, 0.2) is 0 Å². The fourth-order valence-electron chi connectivity index (χ4n) is 2.10. The van der Waals surface area contributed by atoms with Gasteiger partial charge >= 0.3 is 0 Å². The van der Waals surface area contributed by atoms with Crippen LogP contribution in [0.4, 0.5) is 5.69 Å². The molecule has 0 saturated carbocycles. The smallest absolute Gasteiger partial charge is 0.241 e. The number of sulfonamides is 1. The lowest BCUT2D eigenvalue weighted by atomic mass is 10.1. The Kier molecular flexibility index (Phi) is 4.44. The van der Waals surface area contributed by atoms with Crippen molar-refractivity contribution in [3.8, 4) is 0 Å². The first-order chi connectivity index (χ1) is 9.44. The normalized spacial score (nSPS) is 11.6. The SMILES string of the molecule is Cc1cc(NN)cc(C)c1S(=O)(=O)NCc1ccsc1. The van der Waals surface area contributed by atoms with Crippen LogP contribution in [-0.2, 0) is 16.6 Å². The number of nitrogens with two attached hydrogens (primary N) is 1. The van der Waals surface area contributed by atoms with Crippen LogP contribution < -0.4 is 16.0 Å². The second kappa shape index (κ2) is 5.92. The minimum Gasteiger partial charge on any atom is -0.324 e. The van der Waals surface area contributed by atoms with Crippen LogP contribution in [0.15, 0.2) is 33.9 Å². The molecule has 4 N–H and O–H groups in total. The zero-order valence-corrected chi connectivity index (χ0v) is 12.9. The molecule has 108 valence electrons. The van der Waals surface area contributed by atoms with Crippen molar-refractivity contribution in [1.29, 1.82) is 0 Å². The van der Waals surface area contributed by atoms with Gasteiger partial charge in [-0.25, -0.2) is 13.1 Å². The lowest BCUT2D eigenvalue weighted by Crippen LogP contribution is -2.24. The summed E-state index contributed by atoms with van der Waals surface area (Å²) in [5, 5.41) is 3.84. The first-order valence-electron chi connectivity index (χ1n) is 6.02. The number of hydrogen-bond acceptors (Lipinski definition) is 5. The molecule has 7 heteroatoms. The van der Waals surface area contributed by atoms with Crippen molar-refractivity contribution in [1.82, 2.24) is 4.72 Å². The number of benzene rings is 1. The van der Waals surface area contributed by atoms with Gasteiger partial charge in [-0.05, 0) is 59.5 Å². The molecule has 5 nitrogen and oxygen atoms in total. The third-order valence-corrected chi connectivity index (χ3v) is 5.38. The standard InChI is InChI=1S/C13H17N3O2S2/c1-9-5-12(16-14)6-10(2)13(9)20(17,18)15-7-11-3-4-19-8-11/h3-6,8,15-16H,7,14H2,1-2H3. The summed E-state index contributed by atoms with van der Waals surface area (Å²) in [5.41, 5.74) is 5.50. The van der Waals surface area contributed by atoms with Crippen molar-refractivity contribution >= 4 is 27.0 Å². The van der Waals surface area contributed by atoms with Gasteiger partial charge in [0.25, 0.3) is 0 Å². The van der Waals surface area contributed by atoms with Crippen molar-refractivity contribution < 1.29 is 8.42 Å². The second-order valence-electron chi connectivity index (χ2n) is 4.54. The summed E-state index contributed by atoms with van der Waals surface area (Å²) >= 11 is 1.54. The maximum Gasteiger partial charge on any atom is 0.241 e. The molecule has 0 atom stereocenters. The number of nitrogens with one attached hydrogen (secondary N) is 2. The third-order valence-electron chi connectivity index (χ3n) is 2.94. The molecular weight excluding hydrogens is 294 g/mol. The highest BCUT2D eigenvalue weighted by atomic mass is 32.2. The van der Waals surface area contributed by atoms with E-state index in [9.17, 15) is 8.42 Å². The monoisotopic (exact) mass is 311 g/mol. The van der Waals surface area contributed by atoms with Gasteiger partial charge in [0.1, 0.15) is 0 Å². The average Bonchev–Trinajstić information content (AvgIpc) is 2.88. The van der Waals surface area contributed by atoms with Gasteiger partial charge < -0.3 is 5.43 Å². The molecule has 20 heavy (non-hydrogen) atoms. The third kappa shape index (κ3) is 3.18. The van der Waals surface area contributed by atoms with E-state index in [1.165, 1.54) is 0 Å². The van der Waals surface area contributed by atoms with Gasteiger partial charge in [0.2, 0.25) is 10.0 Å². The van der Waals surface area contributed by atoms with Crippen LogP contribution in [0.3, 0.4) is 0 Å². The molecular formula is C13H17N3O2S2. The van der Waals surface area contributed by atoms with E-state index in [-0.39, 0.29) is 0 Å². The molecule has 0 amide bonds. The number of rotatable bonds is 5. The summed E-state index contributed by atoms with van der Waals surface area (Å²) < 4.78 is 27.4. The van der Waals surface area contributed by atoms with Gasteiger partial charge in [-0.2, -0.15) is 11.3 Å². The van der Waals surface area contributed by atoms with Gasteiger partial charge in [0, 0.05) is 12.2 Å². The highest BCUT2D eigenvalue weighted by Gasteiger charge is 2.19. The van der Waals surface area contributed by atoms with Crippen molar-refractivity contribution in [2.45, 2.75) is 25.3 Å². The molecule has 0 aliphatic rings. The molecule has 0 aliphatic carbocycles. The Balaban J connectivity index is 2.29. The zero-order valence-electron chi connectivity index (χ0n) is 11.3. The average molecular weight is 311 g/mol. The number of thiophene rings is 1. The molecule has 2 rings (SSSR count). The predicted octanol–water partition coefficient (Wildman–Crippen LogP) is 2.13. The molecule has 1 aromatic carbocycles. The van der Waals surface area contributed by atoms with Crippen LogP contribution >= 0.6 is 11.3 Å². The number of hydrogen-bond donors (Lipinski definition) is 3. The van der Waals surface area contributed by atoms with Crippen molar-refractivity contribution in [3.05, 3.63) is 45.6 Å². The van der Waals surface area contributed by atoms with Crippen LogP contribution in [0.25, 0.3) is 0 Å². The molecule has 0 fully saturated rings. The van der Waals surface area contributed by atoms with Crippen LogP contribution in [-0.4, -0.2) is 8.42 Å². The Morgan fingerprint density at radius 1 is 1.25 bits per heavy atom. The van der Waals surface area contributed by atoms with Crippen molar-refractivity contribution in [2.24, 2.45) is 5.84 Å². The van der Waals surface area contributed by atoms with E-state index in [0.29, 0.717) is 28.3 Å². The Labute approximate surface area is 122 Å². The van der Waals surface area contributed by atoms with Crippen LogP contribution in [0.1, 0.15) is 16.7 Å². The largest absolute Gasteiger partial charge is 0.324 e. The van der Waals surface area contributed by atoms with E-state index in [0.717, 1.165) is 5.56 Å². The predicted molar refractivity (Wildman–Crippen MR) is 82.1 cm³/mol. The van der Waals surface area contributed by atoms with Gasteiger partial charge in [-0.1, -0.05) is 0 Å². The highest BCUT2D eigenvalue weighted by molar-refractivity contribution is 7.89. The zero-order chi connectivity index (χ0) is 14.8. The lowest BCUT2D eigenvalue weighted by Gasteiger charge is -2.13. The van der Waals surface area contributed by atoms with E-state index < -0.39 is 10.0 Å². The van der Waals surface area contributed by atoms with Gasteiger partial charge in [-0.3, -0.25) is 5.84 Å². The number of hydrazine groups is 1. The van der Waals surface area contributed by atoms with Gasteiger partial charge in [0.05, 0.1) is 4.90 Å². The fraction of sp³-hybridized carbons (Fsp3) is 0.231. The maximum absolute atomic E-state index is 12.4. The molecule has 0 spiro atoms. The summed E-state index contributed by atoms with van der Waals surface area (Å²) in [5.74, 6) is 5.36. The molecule has 1 heterocycles. The van der Waals surface area contributed by atoms with E-state index in [1.54, 1.807) is 37.3 Å². The maximum atomic E-state index is 12.4. The van der Waals surface area contributed by atoms with E-state index in [1.807, 2.05) is 16.8 Å². The summed E-state index contributed by atoms with van der Waals surface area (Å²) in [6, 6.07) is 5.33. The van der Waals surface area contributed by atoms with E-state index in [2.05, 4.69) is 10.1 Å². The van der Waals surface area contributed by atoms with Crippen LogP contribution in [0, 0.1) is 13.8 Å². The summed E-state index contributed by atoms with van der Waals surface area (Å²) in [6.07, 6.45) is 0. The first-order valence-corrected chi connectivity index (χ1v) is 8.45. The number of anilines is 1. The molecule has 0 unspecified atom stereocenters. The first kappa shape index (κ1) is 15.0. The van der Waals surface area contributed by atoms with E-state index in [4.69, 9.17) is 5.84 Å². The fourth-order valence-corrected chi connectivity index (χ4v) is 4.24. The quantitative estimate of drug-likeness (QED) is 0.583. The Morgan fingerprint density at radius 3 is 2.40 bits per heavy atom. The van der Waals surface area contributed by atoms with Gasteiger partial charge in [-0.15, -0.1) is 0 Å². The minimum absolute atomic E-state index is 0.293. The van der Waals surface area contributed by atoms with Crippen LogP contribution in [0.5, 0.6) is 0 Å². The number of aryl methyl sites for hydroxylation is 2. The molecule has 1 aromatic heterocycles. The Morgan fingerprint density at radius 2 is 1.90 bits per heavy atom.